The van der Waals surface area contributed by atoms with Crippen LogP contribution < -0.4 is 10.6 Å². The molecule has 1 aromatic rings. The lowest BCUT2D eigenvalue weighted by Crippen LogP contribution is -2.29. The Morgan fingerprint density at radius 1 is 1.12 bits per heavy atom. The number of phenols is 1. The van der Waals surface area contributed by atoms with Gasteiger partial charge in [0.05, 0.1) is 5.56 Å². The number of carbonyl (C=O) groups is 2. The van der Waals surface area contributed by atoms with Crippen LogP contribution in [0.2, 0.25) is 0 Å². The molecule has 1 atom stereocenters. The molecule has 0 spiro atoms. The van der Waals surface area contributed by atoms with Crippen LogP contribution in [-0.4, -0.2) is 41.0 Å². The fourth-order valence-electron chi connectivity index (χ4n) is 2.59. The van der Waals surface area contributed by atoms with Gasteiger partial charge in [-0.05, 0) is 37.8 Å². The number of rotatable bonds is 10. The molecule has 0 radical (unpaired) electrons. The molecule has 1 fully saturated rings. The number of para-hydroxylation sites is 1. The Labute approximate surface area is 157 Å². The highest BCUT2D eigenvalue weighted by molar-refractivity contribution is 8.77. The third-order valence-corrected chi connectivity index (χ3v) is 7.02. The van der Waals surface area contributed by atoms with Crippen molar-refractivity contribution in [3.05, 3.63) is 29.8 Å². The Morgan fingerprint density at radius 3 is 2.68 bits per heavy atom. The first kappa shape index (κ1) is 20.0. The first-order valence-electron chi connectivity index (χ1n) is 8.78. The van der Waals surface area contributed by atoms with Crippen molar-refractivity contribution >= 4 is 33.4 Å². The molecule has 138 valence electrons. The Hall–Kier alpha value is -1.34. The molecule has 7 heteroatoms. The van der Waals surface area contributed by atoms with Gasteiger partial charge in [0.15, 0.2) is 0 Å². The van der Waals surface area contributed by atoms with Crippen LogP contribution in [0.25, 0.3) is 0 Å². The van der Waals surface area contributed by atoms with E-state index < -0.39 is 0 Å². The average molecular weight is 383 g/mol. The summed E-state index contributed by atoms with van der Waals surface area (Å²) in [6.07, 6.45) is 5.81. The van der Waals surface area contributed by atoms with Crippen molar-refractivity contribution in [1.82, 2.24) is 10.6 Å². The highest BCUT2D eigenvalue weighted by atomic mass is 33.1. The molecule has 1 aliphatic rings. The summed E-state index contributed by atoms with van der Waals surface area (Å²) in [6.45, 7) is 1.01. The van der Waals surface area contributed by atoms with E-state index in [9.17, 15) is 14.7 Å². The maximum atomic E-state index is 11.9. The fraction of sp³-hybridized carbons (Fsp3) is 0.556. The minimum Gasteiger partial charge on any atom is -0.507 e. The Morgan fingerprint density at radius 2 is 1.92 bits per heavy atom. The number of hydrogen-bond acceptors (Lipinski definition) is 5. The predicted molar refractivity (Wildman–Crippen MR) is 105 cm³/mol. The van der Waals surface area contributed by atoms with Gasteiger partial charge >= 0.3 is 0 Å². The molecule has 1 heterocycles. The smallest absolute Gasteiger partial charge is 0.255 e. The highest BCUT2D eigenvalue weighted by Crippen LogP contribution is 2.39. The van der Waals surface area contributed by atoms with Gasteiger partial charge in [0.2, 0.25) is 5.91 Å². The molecule has 0 saturated carbocycles. The predicted octanol–water partition coefficient (Wildman–Crippen LogP) is 3.34. The molecular formula is C18H26N2O3S2. The summed E-state index contributed by atoms with van der Waals surface area (Å²) in [6, 6.07) is 6.45. The SMILES string of the molecule is O=C(CCCCC1CCSS1)NCCCNC(=O)c1ccccc1O. The first-order chi connectivity index (χ1) is 12.2. The van der Waals surface area contributed by atoms with Crippen molar-refractivity contribution in [2.24, 2.45) is 0 Å². The van der Waals surface area contributed by atoms with Crippen LogP contribution in [0.1, 0.15) is 48.9 Å². The van der Waals surface area contributed by atoms with E-state index >= 15 is 0 Å². The standard InChI is InChI=1S/C18H26N2O3S2/c21-16-8-3-2-7-15(16)18(23)20-12-5-11-19-17(22)9-4-1-6-14-10-13-24-25-14/h2-3,7-8,14,21H,1,4-6,9-13H2,(H,19,22)(H,20,23). The molecule has 0 aromatic heterocycles. The lowest BCUT2D eigenvalue weighted by molar-refractivity contribution is -0.121. The number of unbranched alkanes of at least 4 members (excludes halogenated alkanes) is 1. The van der Waals surface area contributed by atoms with Gasteiger partial charge in [0.1, 0.15) is 5.75 Å². The molecule has 0 aliphatic carbocycles. The zero-order valence-electron chi connectivity index (χ0n) is 14.3. The Bertz CT molecular complexity index is 563. The van der Waals surface area contributed by atoms with Crippen LogP contribution in [0.15, 0.2) is 24.3 Å². The van der Waals surface area contributed by atoms with E-state index in [4.69, 9.17) is 0 Å². The zero-order chi connectivity index (χ0) is 17.9. The van der Waals surface area contributed by atoms with Crippen molar-refractivity contribution < 1.29 is 14.7 Å². The summed E-state index contributed by atoms with van der Waals surface area (Å²) in [5.41, 5.74) is 0.269. The summed E-state index contributed by atoms with van der Waals surface area (Å²) in [5.74, 6) is 1.02. The van der Waals surface area contributed by atoms with E-state index in [1.807, 2.05) is 21.6 Å². The van der Waals surface area contributed by atoms with Gasteiger partial charge in [-0.1, -0.05) is 40.1 Å². The maximum absolute atomic E-state index is 11.9. The second-order valence-electron chi connectivity index (χ2n) is 6.05. The first-order valence-corrected chi connectivity index (χ1v) is 11.2. The molecule has 0 bridgehead atoms. The van der Waals surface area contributed by atoms with Crippen LogP contribution in [0.4, 0.5) is 0 Å². The number of aromatic hydroxyl groups is 1. The van der Waals surface area contributed by atoms with Crippen LogP contribution in [0.5, 0.6) is 5.75 Å². The largest absolute Gasteiger partial charge is 0.507 e. The summed E-state index contributed by atoms with van der Waals surface area (Å²) in [7, 11) is 3.95. The second-order valence-corrected chi connectivity index (χ2v) is 8.84. The van der Waals surface area contributed by atoms with Gasteiger partial charge in [-0.2, -0.15) is 0 Å². The maximum Gasteiger partial charge on any atom is 0.255 e. The molecular weight excluding hydrogens is 356 g/mol. The summed E-state index contributed by atoms with van der Waals surface area (Å²) in [4.78, 5) is 23.6. The molecule has 1 unspecified atom stereocenters. The summed E-state index contributed by atoms with van der Waals surface area (Å²) < 4.78 is 0. The zero-order valence-corrected chi connectivity index (χ0v) is 16.0. The van der Waals surface area contributed by atoms with E-state index in [2.05, 4.69) is 10.6 Å². The van der Waals surface area contributed by atoms with Crippen molar-refractivity contribution in [2.45, 2.75) is 43.8 Å². The Balaban J connectivity index is 1.47. The third kappa shape index (κ3) is 7.61. The van der Waals surface area contributed by atoms with Crippen LogP contribution in [0.3, 0.4) is 0 Å². The van der Waals surface area contributed by atoms with Crippen molar-refractivity contribution in [1.29, 1.82) is 0 Å². The summed E-state index contributed by atoms with van der Waals surface area (Å²) in [5, 5.41) is 16.0. The second kappa shape index (κ2) is 11.3. The topological polar surface area (TPSA) is 78.4 Å². The summed E-state index contributed by atoms with van der Waals surface area (Å²) >= 11 is 0. The quantitative estimate of drug-likeness (QED) is 0.427. The monoisotopic (exact) mass is 382 g/mol. The molecule has 1 aliphatic heterocycles. The van der Waals surface area contributed by atoms with E-state index in [1.54, 1.807) is 18.2 Å². The van der Waals surface area contributed by atoms with Crippen LogP contribution in [0, 0.1) is 0 Å². The number of benzene rings is 1. The fourth-order valence-corrected chi connectivity index (χ4v) is 5.62. The van der Waals surface area contributed by atoms with Crippen LogP contribution >= 0.6 is 21.6 Å². The van der Waals surface area contributed by atoms with Gasteiger partial charge in [-0.3, -0.25) is 9.59 Å². The van der Waals surface area contributed by atoms with Gasteiger partial charge in [0, 0.05) is 30.5 Å². The molecule has 1 saturated heterocycles. The lowest BCUT2D eigenvalue weighted by atomic mass is 10.1. The third-order valence-electron chi connectivity index (χ3n) is 4.02. The van der Waals surface area contributed by atoms with E-state index in [0.717, 1.165) is 18.1 Å². The van der Waals surface area contributed by atoms with Crippen LogP contribution in [-0.2, 0) is 4.79 Å². The number of amides is 2. The van der Waals surface area contributed by atoms with Gasteiger partial charge in [0.25, 0.3) is 5.91 Å². The van der Waals surface area contributed by atoms with Crippen molar-refractivity contribution in [3.8, 4) is 5.75 Å². The minimum atomic E-state index is -0.299. The van der Waals surface area contributed by atoms with E-state index in [0.29, 0.717) is 25.9 Å². The molecule has 2 rings (SSSR count). The molecule has 1 aromatic carbocycles. The van der Waals surface area contributed by atoms with Gasteiger partial charge < -0.3 is 15.7 Å². The minimum absolute atomic E-state index is 0.0251. The lowest BCUT2D eigenvalue weighted by Gasteiger charge is -2.08. The normalized spacial score (nSPS) is 16.6. The van der Waals surface area contributed by atoms with E-state index in [-0.39, 0.29) is 23.1 Å². The van der Waals surface area contributed by atoms with Gasteiger partial charge in [-0.15, -0.1) is 0 Å². The Kier molecular flexibility index (Phi) is 9.04. The number of carbonyl (C=O) groups excluding carboxylic acids is 2. The van der Waals surface area contributed by atoms with Gasteiger partial charge in [-0.25, -0.2) is 0 Å². The molecule has 3 N–H and O–H groups in total. The van der Waals surface area contributed by atoms with Crippen molar-refractivity contribution in [3.63, 3.8) is 0 Å². The molecule has 25 heavy (non-hydrogen) atoms. The number of nitrogens with one attached hydrogen (secondary N) is 2. The molecule has 2 amide bonds. The van der Waals surface area contributed by atoms with Crippen molar-refractivity contribution in [2.75, 3.05) is 18.8 Å². The molecule has 5 nitrogen and oxygen atoms in total. The highest BCUT2D eigenvalue weighted by Gasteiger charge is 2.15. The number of phenolic OH excluding ortho intramolecular Hbond substituents is 1. The average Bonchev–Trinajstić information content (AvgIpc) is 3.12. The van der Waals surface area contributed by atoms with E-state index in [1.165, 1.54) is 24.7 Å². The number of hydrogen-bond donors (Lipinski definition) is 3.